The number of nitrogens with one attached hydrogen (secondary N) is 1. The number of nitrogens with zero attached hydrogens (tertiary/aromatic N) is 1. The molecule has 26 heavy (non-hydrogen) atoms. The molecule has 0 fully saturated rings. The lowest BCUT2D eigenvalue weighted by Gasteiger charge is -2.18. The number of halogens is 3. The molecule has 0 aliphatic heterocycles. The van der Waals surface area contributed by atoms with Gasteiger partial charge in [0.2, 0.25) is 5.91 Å². The molecule has 0 bridgehead atoms. The van der Waals surface area contributed by atoms with Gasteiger partial charge in [-0.2, -0.15) is 18.4 Å². The molecule has 1 atom stereocenters. The van der Waals surface area contributed by atoms with Crippen LogP contribution in [0, 0.1) is 11.3 Å². The van der Waals surface area contributed by atoms with Crippen LogP contribution in [0.3, 0.4) is 0 Å². The molecule has 2 aromatic rings. The lowest BCUT2D eigenvalue weighted by atomic mass is 10.0. The van der Waals surface area contributed by atoms with E-state index in [9.17, 15) is 22.8 Å². The number of benzene rings is 2. The van der Waals surface area contributed by atoms with E-state index in [0.29, 0.717) is 11.1 Å². The van der Waals surface area contributed by atoms with Crippen LogP contribution in [0.2, 0.25) is 0 Å². The van der Waals surface area contributed by atoms with E-state index in [1.807, 2.05) is 6.07 Å². The number of hydrogen-bond acceptors (Lipinski definition) is 3. The second kappa shape index (κ2) is 7.70. The van der Waals surface area contributed by atoms with Crippen molar-refractivity contribution in [3.63, 3.8) is 0 Å². The highest BCUT2D eigenvalue weighted by atomic mass is 19.4. The summed E-state index contributed by atoms with van der Waals surface area (Å²) >= 11 is 0. The van der Waals surface area contributed by atoms with Crippen LogP contribution in [0.15, 0.2) is 48.5 Å². The summed E-state index contributed by atoms with van der Waals surface area (Å²) in [6.45, 7) is 0. The monoisotopic (exact) mass is 361 g/mol. The first-order valence-electron chi connectivity index (χ1n) is 7.48. The molecule has 134 valence electrons. The van der Waals surface area contributed by atoms with Gasteiger partial charge >= 0.3 is 6.18 Å². The van der Waals surface area contributed by atoms with E-state index in [4.69, 9.17) is 11.0 Å². The minimum Gasteiger partial charge on any atom is -0.368 e. The number of primary amides is 1. The van der Waals surface area contributed by atoms with E-state index < -0.39 is 35.2 Å². The molecule has 0 unspecified atom stereocenters. The Morgan fingerprint density at radius 2 is 1.85 bits per heavy atom. The Kier molecular flexibility index (Phi) is 5.62. The highest BCUT2D eigenvalue weighted by Gasteiger charge is 2.35. The van der Waals surface area contributed by atoms with Gasteiger partial charge in [0.25, 0.3) is 5.91 Å². The van der Waals surface area contributed by atoms with Crippen molar-refractivity contribution in [2.75, 3.05) is 0 Å². The fourth-order valence-electron chi connectivity index (χ4n) is 2.39. The minimum atomic E-state index is -4.71. The molecule has 0 aliphatic rings. The van der Waals surface area contributed by atoms with E-state index in [-0.39, 0.29) is 6.42 Å². The van der Waals surface area contributed by atoms with Gasteiger partial charge in [-0.1, -0.05) is 24.3 Å². The van der Waals surface area contributed by atoms with Crippen LogP contribution >= 0.6 is 0 Å². The number of nitrogens with two attached hydrogens (primary N) is 1. The molecule has 2 rings (SSSR count). The normalized spacial score (nSPS) is 12.1. The van der Waals surface area contributed by atoms with Crippen LogP contribution in [0.25, 0.3) is 0 Å². The average Bonchev–Trinajstić information content (AvgIpc) is 2.60. The van der Waals surface area contributed by atoms with Gasteiger partial charge in [-0.05, 0) is 29.8 Å². The molecule has 0 aromatic heterocycles. The molecule has 0 heterocycles. The van der Waals surface area contributed by atoms with Gasteiger partial charge in [-0.25, -0.2) is 0 Å². The van der Waals surface area contributed by atoms with E-state index in [2.05, 4.69) is 5.32 Å². The maximum absolute atomic E-state index is 13.0. The average molecular weight is 361 g/mol. The van der Waals surface area contributed by atoms with Crippen molar-refractivity contribution >= 4 is 11.8 Å². The summed E-state index contributed by atoms with van der Waals surface area (Å²) in [5.74, 6) is -1.96. The van der Waals surface area contributed by atoms with Gasteiger partial charge < -0.3 is 11.1 Å². The molecule has 5 nitrogen and oxygen atoms in total. The summed E-state index contributed by atoms with van der Waals surface area (Å²) in [5, 5.41) is 11.1. The van der Waals surface area contributed by atoms with Crippen LogP contribution in [-0.2, 0) is 17.4 Å². The summed E-state index contributed by atoms with van der Waals surface area (Å²) in [6, 6.07) is 11.2. The first-order chi connectivity index (χ1) is 12.2. The standard InChI is InChI=1S/C18H14F3N3O2/c19-18(20,21)14-7-2-1-6-13(14)17(26)24-15(16(23)25)9-11-4-3-5-12(8-11)10-22/h1-8,15H,9H2,(H2,23,25)(H,24,26)/t15-/m1/s1. The molecule has 0 saturated heterocycles. The zero-order valence-corrected chi connectivity index (χ0v) is 13.4. The predicted molar refractivity (Wildman–Crippen MR) is 86.8 cm³/mol. The first-order valence-corrected chi connectivity index (χ1v) is 7.48. The maximum atomic E-state index is 13.0. The SMILES string of the molecule is N#Cc1cccc(C[C@@H](NC(=O)c2ccccc2C(F)(F)F)C(N)=O)c1. The first kappa shape index (κ1) is 19.0. The number of amides is 2. The number of nitriles is 1. The Hall–Kier alpha value is -3.34. The number of hydrogen-bond donors (Lipinski definition) is 2. The Labute approximate surface area is 147 Å². The van der Waals surface area contributed by atoms with Gasteiger partial charge in [0.05, 0.1) is 22.8 Å². The van der Waals surface area contributed by atoms with Crippen molar-refractivity contribution in [3.8, 4) is 6.07 Å². The van der Waals surface area contributed by atoms with E-state index in [1.54, 1.807) is 18.2 Å². The predicted octanol–water partition coefficient (Wildman–Crippen LogP) is 2.40. The summed E-state index contributed by atoms with van der Waals surface area (Å²) in [6.07, 6.45) is -4.76. The highest BCUT2D eigenvalue weighted by Crippen LogP contribution is 2.31. The molecule has 2 aromatic carbocycles. The fourth-order valence-corrected chi connectivity index (χ4v) is 2.39. The van der Waals surface area contributed by atoms with Crippen molar-refractivity contribution in [3.05, 3.63) is 70.8 Å². The largest absolute Gasteiger partial charge is 0.417 e. The van der Waals surface area contributed by atoms with E-state index in [1.165, 1.54) is 18.2 Å². The van der Waals surface area contributed by atoms with Gasteiger partial charge in [-0.3, -0.25) is 9.59 Å². The third-order valence-electron chi connectivity index (χ3n) is 3.62. The fraction of sp³-hybridized carbons (Fsp3) is 0.167. The zero-order valence-electron chi connectivity index (χ0n) is 13.4. The molecule has 2 amide bonds. The Morgan fingerprint density at radius 3 is 2.46 bits per heavy atom. The van der Waals surface area contributed by atoms with Crippen molar-refractivity contribution in [1.82, 2.24) is 5.32 Å². The number of alkyl halides is 3. The van der Waals surface area contributed by atoms with Gasteiger partial charge in [0.1, 0.15) is 6.04 Å². The number of carbonyl (C=O) groups is 2. The maximum Gasteiger partial charge on any atom is 0.417 e. The molecule has 0 aliphatic carbocycles. The summed E-state index contributed by atoms with van der Waals surface area (Å²) in [4.78, 5) is 23.9. The summed E-state index contributed by atoms with van der Waals surface area (Å²) in [5.41, 5.74) is 4.45. The zero-order chi connectivity index (χ0) is 19.3. The number of rotatable bonds is 5. The van der Waals surface area contributed by atoms with E-state index in [0.717, 1.165) is 12.1 Å². The third kappa shape index (κ3) is 4.60. The van der Waals surface area contributed by atoms with Crippen LogP contribution in [-0.4, -0.2) is 17.9 Å². The highest BCUT2D eigenvalue weighted by molar-refractivity contribution is 5.98. The second-order valence-corrected chi connectivity index (χ2v) is 5.49. The summed E-state index contributed by atoms with van der Waals surface area (Å²) in [7, 11) is 0. The number of carbonyl (C=O) groups excluding carboxylic acids is 2. The molecular weight excluding hydrogens is 347 g/mol. The Balaban J connectivity index is 2.24. The smallest absolute Gasteiger partial charge is 0.368 e. The summed E-state index contributed by atoms with van der Waals surface area (Å²) < 4.78 is 39.1. The van der Waals surface area contributed by atoms with Crippen molar-refractivity contribution < 1.29 is 22.8 Å². The van der Waals surface area contributed by atoms with Crippen LogP contribution in [0.1, 0.15) is 27.0 Å². The van der Waals surface area contributed by atoms with E-state index >= 15 is 0 Å². The lowest BCUT2D eigenvalue weighted by molar-refractivity contribution is -0.137. The van der Waals surface area contributed by atoms with Crippen LogP contribution in [0.4, 0.5) is 13.2 Å². The molecular formula is C18H14F3N3O2. The van der Waals surface area contributed by atoms with Crippen LogP contribution < -0.4 is 11.1 Å². The molecule has 0 saturated carbocycles. The van der Waals surface area contributed by atoms with Gasteiger partial charge in [-0.15, -0.1) is 0 Å². The van der Waals surface area contributed by atoms with Crippen molar-refractivity contribution in [2.24, 2.45) is 5.73 Å². The molecule has 0 spiro atoms. The topological polar surface area (TPSA) is 96.0 Å². The molecule has 3 N–H and O–H groups in total. The van der Waals surface area contributed by atoms with Crippen molar-refractivity contribution in [1.29, 1.82) is 5.26 Å². The quantitative estimate of drug-likeness (QED) is 0.856. The van der Waals surface area contributed by atoms with Crippen LogP contribution in [0.5, 0.6) is 0 Å². The minimum absolute atomic E-state index is 0.0508. The second-order valence-electron chi connectivity index (χ2n) is 5.49. The third-order valence-corrected chi connectivity index (χ3v) is 3.62. The van der Waals surface area contributed by atoms with Gasteiger partial charge in [0, 0.05) is 6.42 Å². The Bertz CT molecular complexity index is 872. The lowest BCUT2D eigenvalue weighted by Crippen LogP contribution is -2.46. The molecule has 0 radical (unpaired) electrons. The van der Waals surface area contributed by atoms with Gasteiger partial charge in [0.15, 0.2) is 0 Å². The van der Waals surface area contributed by atoms with Crippen molar-refractivity contribution in [2.45, 2.75) is 18.6 Å². The molecule has 8 heteroatoms. The Morgan fingerprint density at radius 1 is 1.15 bits per heavy atom.